The Balaban J connectivity index is 2.30. The smallest absolute Gasteiger partial charge is 0.229 e. The lowest BCUT2D eigenvalue weighted by molar-refractivity contribution is 0.414. The highest BCUT2D eigenvalue weighted by Crippen LogP contribution is 2.29. The summed E-state index contributed by atoms with van der Waals surface area (Å²) in [6, 6.07) is 6.19. The molecule has 0 saturated carbocycles. The van der Waals surface area contributed by atoms with Crippen LogP contribution in [0.3, 0.4) is 0 Å². The van der Waals surface area contributed by atoms with E-state index in [1.54, 1.807) is 26.3 Å². The van der Waals surface area contributed by atoms with Gasteiger partial charge in [0.1, 0.15) is 16.6 Å². The molecule has 1 heterocycles. The average Bonchev–Trinajstić information content (AvgIpc) is 2.43. The van der Waals surface area contributed by atoms with Crippen LogP contribution in [0.15, 0.2) is 18.3 Å². The average molecular weight is 298 g/mol. The van der Waals surface area contributed by atoms with E-state index in [9.17, 15) is 0 Å². The zero-order chi connectivity index (χ0) is 13.8. The first kappa shape index (κ1) is 13.7. The molecule has 2 rings (SSSR count). The Morgan fingerprint density at radius 3 is 2.79 bits per heavy atom. The summed E-state index contributed by atoms with van der Waals surface area (Å²) in [5.74, 6) is 1.48. The zero-order valence-electron chi connectivity index (χ0n) is 10.3. The zero-order valence-corrected chi connectivity index (χ0v) is 11.8. The topological polar surface area (TPSA) is 59.1 Å². The van der Waals surface area contributed by atoms with Crippen LogP contribution in [0.2, 0.25) is 10.0 Å². The van der Waals surface area contributed by atoms with Crippen LogP contribution in [0.1, 0.15) is 0 Å². The normalized spacial score (nSPS) is 10.1. The fourth-order valence-electron chi connectivity index (χ4n) is 1.39. The number of halogens is 2. The first-order valence-electron chi connectivity index (χ1n) is 5.36. The lowest BCUT2D eigenvalue weighted by atomic mass is 10.3. The second-order valence-electron chi connectivity index (χ2n) is 3.53. The van der Waals surface area contributed by atoms with Gasteiger partial charge in [-0.05, 0) is 6.07 Å². The monoisotopic (exact) mass is 297 g/mol. The Bertz CT molecular complexity index is 592. The Morgan fingerprint density at radius 2 is 2.11 bits per heavy atom. The van der Waals surface area contributed by atoms with Crippen molar-refractivity contribution >= 4 is 40.7 Å². The number of anilines is 3. The van der Waals surface area contributed by atoms with E-state index < -0.39 is 0 Å². The molecule has 7 heteroatoms. The molecule has 0 spiro atoms. The van der Waals surface area contributed by atoms with Crippen molar-refractivity contribution in [3.8, 4) is 5.75 Å². The summed E-state index contributed by atoms with van der Waals surface area (Å²) >= 11 is 12.0. The molecule has 1 radical (unpaired) electrons. The van der Waals surface area contributed by atoms with Gasteiger partial charge in [0.25, 0.3) is 0 Å². The molecular weight excluding hydrogens is 287 g/mol. The maximum absolute atomic E-state index is 6.06. The van der Waals surface area contributed by atoms with Crippen molar-refractivity contribution in [2.75, 3.05) is 24.8 Å². The third kappa shape index (κ3) is 3.19. The molecular formula is C12H11Cl2N4O. The van der Waals surface area contributed by atoms with E-state index in [4.69, 9.17) is 27.9 Å². The minimum Gasteiger partial charge on any atom is -0.496 e. The number of rotatable bonds is 4. The highest BCUT2D eigenvalue weighted by Gasteiger charge is 2.07. The Kier molecular flexibility index (Phi) is 4.29. The molecule has 0 aliphatic rings. The standard InChI is InChI=1S/C12H11Cl2N4O/c1-15-11-9(14)6-16-12(18-11)17-10-5-7(19-2)3-4-8(10)13/h4-6H,1-2H3,(H2,15,16,17,18). The number of hydrogen-bond acceptors (Lipinski definition) is 5. The third-order valence-corrected chi connectivity index (χ3v) is 2.91. The number of aromatic nitrogens is 2. The van der Waals surface area contributed by atoms with E-state index in [0.29, 0.717) is 33.2 Å². The molecule has 0 unspecified atom stereocenters. The van der Waals surface area contributed by atoms with E-state index in [-0.39, 0.29) is 0 Å². The van der Waals surface area contributed by atoms with E-state index in [1.165, 1.54) is 6.20 Å². The molecule has 0 bridgehead atoms. The van der Waals surface area contributed by atoms with Crippen LogP contribution in [0, 0.1) is 6.07 Å². The molecule has 19 heavy (non-hydrogen) atoms. The highest BCUT2D eigenvalue weighted by atomic mass is 35.5. The van der Waals surface area contributed by atoms with E-state index in [1.807, 2.05) is 0 Å². The van der Waals surface area contributed by atoms with Gasteiger partial charge in [-0.2, -0.15) is 4.98 Å². The summed E-state index contributed by atoms with van der Waals surface area (Å²) in [5.41, 5.74) is 0.627. The summed E-state index contributed by atoms with van der Waals surface area (Å²) in [4.78, 5) is 8.28. The van der Waals surface area contributed by atoms with Gasteiger partial charge in [-0.3, -0.25) is 0 Å². The molecule has 0 fully saturated rings. The fraction of sp³-hybridized carbons (Fsp3) is 0.167. The Hall–Kier alpha value is -1.72. The second kappa shape index (κ2) is 5.95. The van der Waals surface area contributed by atoms with Gasteiger partial charge in [0.05, 0.1) is 24.0 Å². The van der Waals surface area contributed by atoms with Crippen LogP contribution >= 0.6 is 23.2 Å². The Morgan fingerprint density at radius 1 is 1.32 bits per heavy atom. The minimum absolute atomic E-state index is 0.379. The van der Waals surface area contributed by atoms with Crippen molar-refractivity contribution in [2.45, 2.75) is 0 Å². The maximum Gasteiger partial charge on any atom is 0.229 e. The van der Waals surface area contributed by atoms with Crippen molar-refractivity contribution in [2.24, 2.45) is 0 Å². The summed E-state index contributed by atoms with van der Waals surface area (Å²) in [6.07, 6.45) is 1.50. The first-order valence-corrected chi connectivity index (χ1v) is 6.12. The summed E-state index contributed by atoms with van der Waals surface area (Å²) in [5, 5.41) is 6.80. The molecule has 99 valence electrons. The predicted molar refractivity (Wildman–Crippen MR) is 76.7 cm³/mol. The molecule has 0 aliphatic carbocycles. The van der Waals surface area contributed by atoms with E-state index >= 15 is 0 Å². The van der Waals surface area contributed by atoms with Gasteiger partial charge >= 0.3 is 0 Å². The summed E-state index contributed by atoms with van der Waals surface area (Å²) < 4.78 is 5.08. The van der Waals surface area contributed by atoms with Gasteiger partial charge < -0.3 is 15.4 Å². The number of ether oxygens (including phenoxy) is 1. The van der Waals surface area contributed by atoms with Crippen molar-refractivity contribution < 1.29 is 4.74 Å². The molecule has 5 nitrogen and oxygen atoms in total. The van der Waals surface area contributed by atoms with Crippen LogP contribution in [0.4, 0.5) is 17.5 Å². The molecule has 0 saturated heterocycles. The van der Waals surface area contributed by atoms with Crippen LogP contribution < -0.4 is 15.4 Å². The van der Waals surface area contributed by atoms with E-state index in [2.05, 4.69) is 26.7 Å². The lowest BCUT2D eigenvalue weighted by Gasteiger charge is -2.10. The predicted octanol–water partition coefficient (Wildman–Crippen LogP) is 3.38. The largest absolute Gasteiger partial charge is 0.496 e. The van der Waals surface area contributed by atoms with Gasteiger partial charge in [-0.25, -0.2) is 4.98 Å². The van der Waals surface area contributed by atoms with Crippen molar-refractivity contribution in [3.05, 3.63) is 34.4 Å². The molecule has 2 N–H and O–H groups in total. The van der Waals surface area contributed by atoms with Gasteiger partial charge in [0.2, 0.25) is 5.95 Å². The van der Waals surface area contributed by atoms with Crippen molar-refractivity contribution in [3.63, 3.8) is 0 Å². The van der Waals surface area contributed by atoms with Crippen molar-refractivity contribution in [1.29, 1.82) is 0 Å². The van der Waals surface area contributed by atoms with Crippen LogP contribution in [-0.4, -0.2) is 24.1 Å². The third-order valence-electron chi connectivity index (χ3n) is 2.32. The first-order chi connectivity index (χ1) is 9.13. The highest BCUT2D eigenvalue weighted by molar-refractivity contribution is 6.33. The lowest BCUT2D eigenvalue weighted by Crippen LogP contribution is -2.01. The van der Waals surface area contributed by atoms with E-state index in [0.717, 1.165) is 0 Å². The molecule has 2 aromatic rings. The SMILES string of the molecule is CNc1nc(Nc2cc(OC)[c]cc2Cl)ncc1Cl. The van der Waals surface area contributed by atoms with Gasteiger partial charge in [-0.1, -0.05) is 23.2 Å². The van der Waals surface area contributed by atoms with Crippen LogP contribution in [0.5, 0.6) is 5.75 Å². The molecule has 1 aromatic carbocycles. The summed E-state index contributed by atoms with van der Waals surface area (Å²) in [7, 11) is 3.28. The van der Waals surface area contributed by atoms with Gasteiger partial charge in [0, 0.05) is 19.2 Å². The number of methoxy groups -OCH3 is 1. The Labute approximate surface area is 120 Å². The molecule has 0 atom stereocenters. The molecule has 0 aliphatic heterocycles. The molecule has 1 aromatic heterocycles. The second-order valence-corrected chi connectivity index (χ2v) is 4.34. The number of nitrogens with zero attached hydrogens (tertiary/aromatic N) is 2. The number of benzene rings is 1. The van der Waals surface area contributed by atoms with Crippen molar-refractivity contribution in [1.82, 2.24) is 9.97 Å². The van der Waals surface area contributed by atoms with Gasteiger partial charge in [-0.15, -0.1) is 0 Å². The van der Waals surface area contributed by atoms with Crippen LogP contribution in [0.25, 0.3) is 0 Å². The van der Waals surface area contributed by atoms with Crippen LogP contribution in [-0.2, 0) is 0 Å². The number of hydrogen-bond donors (Lipinski definition) is 2. The summed E-state index contributed by atoms with van der Waals surface area (Å²) in [6.45, 7) is 0. The minimum atomic E-state index is 0.379. The quantitative estimate of drug-likeness (QED) is 0.906. The number of nitrogens with one attached hydrogen (secondary N) is 2. The molecule has 0 amide bonds. The van der Waals surface area contributed by atoms with Gasteiger partial charge in [0.15, 0.2) is 0 Å². The fourth-order valence-corrected chi connectivity index (χ4v) is 1.73. The maximum atomic E-state index is 6.06.